The van der Waals surface area contributed by atoms with E-state index in [-0.39, 0.29) is 11.6 Å². The number of amides is 1. The van der Waals surface area contributed by atoms with Gasteiger partial charge in [-0.05, 0) is 12.1 Å². The van der Waals surface area contributed by atoms with E-state index in [4.69, 9.17) is 4.74 Å². The molecule has 1 amide bonds. The second-order valence-electron chi connectivity index (χ2n) is 5.00. The highest BCUT2D eigenvalue weighted by molar-refractivity contribution is 6.05. The third-order valence-corrected chi connectivity index (χ3v) is 3.57. The number of aromatic nitrogens is 4. The molecule has 7 nitrogen and oxygen atoms in total. The van der Waals surface area contributed by atoms with Crippen LogP contribution in [-0.4, -0.2) is 39.0 Å². The Kier molecular flexibility index (Phi) is 3.23. The van der Waals surface area contributed by atoms with Gasteiger partial charge in [0, 0.05) is 12.3 Å². The highest BCUT2D eigenvalue weighted by atomic mass is 16.5. The summed E-state index contributed by atoms with van der Waals surface area (Å²) in [4.78, 5) is 19.9. The van der Waals surface area contributed by atoms with Gasteiger partial charge in [-0.1, -0.05) is 18.2 Å². The normalized spacial score (nSPS) is 13.3. The number of carbonyl (C=O) groups excluding carboxylic acids is 1. The van der Waals surface area contributed by atoms with Crippen LogP contribution in [0.15, 0.2) is 55.0 Å². The zero-order valence-electron chi connectivity index (χ0n) is 12.2. The van der Waals surface area contributed by atoms with Gasteiger partial charge in [0.1, 0.15) is 18.0 Å². The van der Waals surface area contributed by atoms with Crippen molar-refractivity contribution in [2.45, 2.75) is 0 Å². The molecule has 0 saturated carbocycles. The first-order chi connectivity index (χ1) is 11.3. The number of fused-ring (bicyclic) bond motifs is 1. The minimum Gasteiger partial charge on any atom is -0.489 e. The van der Waals surface area contributed by atoms with E-state index >= 15 is 0 Å². The summed E-state index contributed by atoms with van der Waals surface area (Å²) in [5, 5.41) is 8.45. The van der Waals surface area contributed by atoms with E-state index in [9.17, 15) is 4.79 Å². The predicted molar refractivity (Wildman–Crippen MR) is 82.8 cm³/mol. The van der Waals surface area contributed by atoms with Gasteiger partial charge in [-0.3, -0.25) is 14.7 Å². The number of pyridine rings is 1. The molecule has 2 aromatic heterocycles. The highest BCUT2D eigenvalue weighted by Crippen LogP contribution is 2.30. The van der Waals surface area contributed by atoms with E-state index in [2.05, 4.69) is 15.2 Å². The minimum atomic E-state index is -0.218. The molecule has 0 aliphatic carbocycles. The summed E-state index contributed by atoms with van der Waals surface area (Å²) in [5.74, 6) is 0.430. The van der Waals surface area contributed by atoms with Crippen LogP contribution in [0.25, 0.3) is 5.69 Å². The molecule has 1 aliphatic heterocycles. The van der Waals surface area contributed by atoms with Crippen molar-refractivity contribution in [2.24, 2.45) is 0 Å². The largest absolute Gasteiger partial charge is 0.489 e. The molecule has 0 saturated heterocycles. The lowest BCUT2D eigenvalue weighted by atomic mass is 10.2. The first-order valence-electron chi connectivity index (χ1n) is 7.19. The lowest BCUT2D eigenvalue weighted by Gasteiger charge is -2.28. The number of hydrogen-bond donors (Lipinski definition) is 0. The number of benzene rings is 1. The Morgan fingerprint density at radius 3 is 2.87 bits per heavy atom. The highest BCUT2D eigenvalue weighted by Gasteiger charge is 2.26. The average molecular weight is 307 g/mol. The molecular formula is C16H13N5O2. The number of rotatable bonds is 2. The third-order valence-electron chi connectivity index (χ3n) is 3.57. The third kappa shape index (κ3) is 2.42. The molecule has 0 unspecified atom stereocenters. The van der Waals surface area contributed by atoms with Crippen LogP contribution in [0.4, 0.5) is 5.69 Å². The summed E-state index contributed by atoms with van der Waals surface area (Å²) in [6, 6.07) is 11.2. The number of nitrogens with zero attached hydrogens (tertiary/aromatic N) is 5. The molecule has 0 bridgehead atoms. The van der Waals surface area contributed by atoms with Crippen molar-refractivity contribution in [1.82, 2.24) is 20.0 Å². The molecule has 1 aromatic carbocycles. The van der Waals surface area contributed by atoms with E-state index in [1.54, 1.807) is 23.4 Å². The van der Waals surface area contributed by atoms with E-state index in [1.165, 1.54) is 11.0 Å². The molecule has 0 spiro atoms. The molecule has 23 heavy (non-hydrogen) atoms. The van der Waals surface area contributed by atoms with Crippen LogP contribution >= 0.6 is 0 Å². The maximum atomic E-state index is 12.7. The summed E-state index contributed by atoms with van der Waals surface area (Å²) in [6.07, 6.45) is 4.73. The smallest absolute Gasteiger partial charge is 0.280 e. The second-order valence-corrected chi connectivity index (χ2v) is 5.00. The quantitative estimate of drug-likeness (QED) is 0.720. The monoisotopic (exact) mass is 307 g/mol. The van der Waals surface area contributed by atoms with Crippen molar-refractivity contribution in [1.29, 1.82) is 0 Å². The molecule has 0 fully saturated rings. The fraction of sp³-hybridized carbons (Fsp3) is 0.125. The van der Waals surface area contributed by atoms with Crippen molar-refractivity contribution < 1.29 is 9.53 Å². The Balaban J connectivity index is 1.65. The summed E-state index contributed by atoms with van der Waals surface area (Å²) < 4.78 is 5.54. The number of anilines is 1. The summed E-state index contributed by atoms with van der Waals surface area (Å²) in [5.41, 5.74) is 1.74. The van der Waals surface area contributed by atoms with Gasteiger partial charge in [0.15, 0.2) is 5.69 Å². The lowest BCUT2D eigenvalue weighted by molar-refractivity contribution is 0.0971. The molecular weight excluding hydrogens is 294 g/mol. The Hall–Kier alpha value is -3.22. The lowest BCUT2D eigenvalue weighted by Crippen LogP contribution is -2.38. The maximum absolute atomic E-state index is 12.7. The van der Waals surface area contributed by atoms with Crippen LogP contribution in [0.3, 0.4) is 0 Å². The summed E-state index contributed by atoms with van der Waals surface area (Å²) >= 11 is 0. The topological polar surface area (TPSA) is 73.1 Å². The Morgan fingerprint density at radius 1 is 1.13 bits per heavy atom. The molecule has 4 rings (SSSR count). The van der Waals surface area contributed by atoms with Gasteiger partial charge >= 0.3 is 0 Å². The van der Waals surface area contributed by atoms with Crippen LogP contribution in [0, 0.1) is 0 Å². The van der Waals surface area contributed by atoms with Crippen molar-refractivity contribution >= 4 is 11.6 Å². The molecule has 3 aromatic rings. The van der Waals surface area contributed by atoms with Gasteiger partial charge in [0.25, 0.3) is 5.91 Å². The van der Waals surface area contributed by atoms with E-state index in [1.807, 2.05) is 30.3 Å². The van der Waals surface area contributed by atoms with Gasteiger partial charge < -0.3 is 4.74 Å². The second kappa shape index (κ2) is 5.53. The predicted octanol–water partition coefficient (Wildman–Crippen LogP) is 1.70. The van der Waals surface area contributed by atoms with Crippen molar-refractivity contribution in [2.75, 3.05) is 18.1 Å². The molecule has 0 radical (unpaired) electrons. The molecule has 3 heterocycles. The number of ether oxygens (including phenoxy) is 1. The average Bonchev–Trinajstić information content (AvgIpc) is 3.11. The molecule has 0 atom stereocenters. The Labute approximate surface area is 132 Å². The van der Waals surface area contributed by atoms with Gasteiger partial charge in [-0.25, -0.2) is 0 Å². The Morgan fingerprint density at radius 2 is 2.00 bits per heavy atom. The number of hydrogen-bond acceptors (Lipinski definition) is 5. The maximum Gasteiger partial charge on any atom is 0.280 e. The van der Waals surface area contributed by atoms with Crippen molar-refractivity contribution in [3.05, 3.63) is 60.7 Å². The fourth-order valence-electron chi connectivity index (χ4n) is 2.46. The summed E-state index contributed by atoms with van der Waals surface area (Å²) in [7, 11) is 0. The van der Waals surface area contributed by atoms with Crippen LogP contribution in [0.5, 0.6) is 5.75 Å². The van der Waals surface area contributed by atoms with Crippen LogP contribution < -0.4 is 9.64 Å². The van der Waals surface area contributed by atoms with Crippen molar-refractivity contribution in [3.8, 4) is 11.4 Å². The first kappa shape index (κ1) is 13.4. The Bertz CT molecular complexity index is 846. The zero-order chi connectivity index (χ0) is 15.6. The number of para-hydroxylation sites is 1. The molecule has 7 heteroatoms. The van der Waals surface area contributed by atoms with Crippen LogP contribution in [0.1, 0.15) is 10.5 Å². The van der Waals surface area contributed by atoms with Crippen LogP contribution in [-0.2, 0) is 0 Å². The fourth-order valence-corrected chi connectivity index (χ4v) is 2.46. The molecule has 0 N–H and O–H groups in total. The molecule has 1 aliphatic rings. The van der Waals surface area contributed by atoms with E-state index in [0.717, 1.165) is 5.69 Å². The van der Waals surface area contributed by atoms with Gasteiger partial charge in [0.05, 0.1) is 24.6 Å². The van der Waals surface area contributed by atoms with Crippen molar-refractivity contribution in [3.63, 3.8) is 0 Å². The minimum absolute atomic E-state index is 0.218. The zero-order valence-corrected chi connectivity index (χ0v) is 12.2. The first-order valence-corrected chi connectivity index (χ1v) is 7.19. The SMILES string of the molecule is O=C(c1cnn(-c2ccccc2)n1)N1CCOc2ccncc21. The van der Waals surface area contributed by atoms with Gasteiger partial charge in [0.2, 0.25) is 0 Å². The summed E-state index contributed by atoms with van der Waals surface area (Å²) in [6.45, 7) is 0.894. The molecule has 114 valence electrons. The number of carbonyl (C=O) groups is 1. The van der Waals surface area contributed by atoms with Gasteiger partial charge in [-0.15, -0.1) is 5.10 Å². The van der Waals surface area contributed by atoms with E-state index < -0.39 is 0 Å². The standard InChI is InChI=1S/C16H13N5O2/c22-16(20-8-9-23-15-6-7-17-11-14(15)20)13-10-18-21(19-13)12-4-2-1-3-5-12/h1-7,10-11H,8-9H2. The van der Waals surface area contributed by atoms with E-state index in [0.29, 0.717) is 24.6 Å². The van der Waals surface area contributed by atoms with Crippen LogP contribution in [0.2, 0.25) is 0 Å². The van der Waals surface area contributed by atoms with Gasteiger partial charge in [-0.2, -0.15) is 9.90 Å².